The second-order valence-corrected chi connectivity index (χ2v) is 4.00. The molecule has 8 heteroatoms. The van der Waals surface area contributed by atoms with Gasteiger partial charge in [0.1, 0.15) is 0 Å². The van der Waals surface area contributed by atoms with Gasteiger partial charge in [0.05, 0.1) is 18.8 Å². The molecule has 0 aliphatic carbocycles. The van der Waals surface area contributed by atoms with Crippen molar-refractivity contribution in [2.45, 2.75) is 19.1 Å². The molecule has 0 radical (unpaired) electrons. The lowest BCUT2D eigenvalue weighted by Crippen LogP contribution is -2.24. The average Bonchev–Trinajstić information content (AvgIpc) is 2.59. The standard InChI is InChI=1S/C9H13ClN4O3/c1-2-17-9-12-7(10)11-8(13-9)14-3-5(15)6(16)4-14/h5-6,15-16H,2-4H2,1H3. The average molecular weight is 261 g/mol. The zero-order valence-corrected chi connectivity index (χ0v) is 10.0. The molecule has 1 fully saturated rings. The smallest absolute Gasteiger partial charge is 0.322 e. The second-order valence-electron chi connectivity index (χ2n) is 3.66. The minimum absolute atomic E-state index is 0.0225. The number of hydrogen-bond donors (Lipinski definition) is 2. The zero-order valence-electron chi connectivity index (χ0n) is 9.25. The van der Waals surface area contributed by atoms with Crippen LogP contribution in [0.2, 0.25) is 5.28 Å². The summed E-state index contributed by atoms with van der Waals surface area (Å²) in [5, 5.41) is 18.9. The molecule has 2 unspecified atom stereocenters. The first-order valence-corrected chi connectivity index (χ1v) is 5.63. The van der Waals surface area contributed by atoms with Gasteiger partial charge in [-0.2, -0.15) is 15.0 Å². The van der Waals surface area contributed by atoms with Crippen molar-refractivity contribution in [3.05, 3.63) is 5.28 Å². The van der Waals surface area contributed by atoms with Crippen molar-refractivity contribution < 1.29 is 14.9 Å². The molecule has 1 aromatic rings. The normalized spacial score (nSPS) is 24.1. The SMILES string of the molecule is CCOc1nc(Cl)nc(N2CC(O)C(O)C2)n1. The Morgan fingerprint density at radius 2 is 1.94 bits per heavy atom. The lowest BCUT2D eigenvalue weighted by atomic mass is 10.3. The predicted molar refractivity (Wildman–Crippen MR) is 60.2 cm³/mol. The number of hydrogen-bond acceptors (Lipinski definition) is 7. The van der Waals surface area contributed by atoms with Crippen molar-refractivity contribution in [2.75, 3.05) is 24.6 Å². The first-order valence-electron chi connectivity index (χ1n) is 5.25. The van der Waals surface area contributed by atoms with Gasteiger partial charge in [-0.15, -0.1) is 0 Å². The number of aliphatic hydroxyl groups is 2. The number of aromatic nitrogens is 3. The Bertz CT molecular complexity index is 396. The van der Waals surface area contributed by atoms with E-state index in [1.165, 1.54) is 0 Å². The minimum Gasteiger partial charge on any atom is -0.464 e. The van der Waals surface area contributed by atoms with Gasteiger partial charge in [0, 0.05) is 13.1 Å². The summed E-state index contributed by atoms with van der Waals surface area (Å²) >= 11 is 5.74. The summed E-state index contributed by atoms with van der Waals surface area (Å²) in [6, 6.07) is 0.137. The van der Waals surface area contributed by atoms with Gasteiger partial charge in [-0.25, -0.2) is 0 Å². The number of anilines is 1. The van der Waals surface area contributed by atoms with Crippen LogP contribution >= 0.6 is 11.6 Å². The van der Waals surface area contributed by atoms with Crippen LogP contribution in [0, 0.1) is 0 Å². The summed E-state index contributed by atoms with van der Waals surface area (Å²) in [5.74, 6) is 0.295. The summed E-state index contributed by atoms with van der Waals surface area (Å²) in [6.45, 7) is 2.74. The molecule has 2 N–H and O–H groups in total. The van der Waals surface area contributed by atoms with Crippen LogP contribution in [-0.2, 0) is 0 Å². The third-order valence-corrected chi connectivity index (χ3v) is 2.56. The molecule has 2 atom stereocenters. The largest absolute Gasteiger partial charge is 0.464 e. The Balaban J connectivity index is 2.20. The maximum Gasteiger partial charge on any atom is 0.322 e. The Labute approximate surface area is 103 Å². The Kier molecular flexibility index (Phi) is 3.60. The highest BCUT2D eigenvalue weighted by Gasteiger charge is 2.31. The molecule has 2 heterocycles. The maximum absolute atomic E-state index is 9.44. The lowest BCUT2D eigenvalue weighted by Gasteiger charge is -2.15. The van der Waals surface area contributed by atoms with Crippen molar-refractivity contribution in [2.24, 2.45) is 0 Å². The number of ether oxygens (including phenoxy) is 1. The van der Waals surface area contributed by atoms with E-state index in [1.54, 1.807) is 11.8 Å². The molecule has 1 aliphatic rings. The van der Waals surface area contributed by atoms with Crippen molar-refractivity contribution in [3.63, 3.8) is 0 Å². The van der Waals surface area contributed by atoms with E-state index in [4.69, 9.17) is 16.3 Å². The molecule has 0 bridgehead atoms. The fraction of sp³-hybridized carbons (Fsp3) is 0.667. The Morgan fingerprint density at radius 1 is 1.29 bits per heavy atom. The highest BCUT2D eigenvalue weighted by molar-refractivity contribution is 6.28. The third kappa shape index (κ3) is 2.74. The van der Waals surface area contributed by atoms with Crippen LogP contribution in [0.5, 0.6) is 6.01 Å². The molecule has 7 nitrogen and oxygen atoms in total. The molecule has 1 saturated heterocycles. The minimum atomic E-state index is -0.805. The highest BCUT2D eigenvalue weighted by Crippen LogP contribution is 2.20. The quantitative estimate of drug-likeness (QED) is 0.754. The summed E-state index contributed by atoms with van der Waals surface area (Å²) in [6.07, 6.45) is -1.61. The van der Waals surface area contributed by atoms with E-state index < -0.39 is 12.2 Å². The van der Waals surface area contributed by atoms with Crippen LogP contribution < -0.4 is 9.64 Å². The van der Waals surface area contributed by atoms with Gasteiger partial charge in [-0.05, 0) is 18.5 Å². The molecule has 17 heavy (non-hydrogen) atoms. The Morgan fingerprint density at radius 3 is 2.53 bits per heavy atom. The summed E-state index contributed by atoms with van der Waals surface area (Å²) in [4.78, 5) is 13.4. The van der Waals surface area contributed by atoms with E-state index in [2.05, 4.69) is 15.0 Å². The predicted octanol–water partition coefficient (Wildman–Crippen LogP) is -0.535. The van der Waals surface area contributed by atoms with E-state index >= 15 is 0 Å². The van der Waals surface area contributed by atoms with Gasteiger partial charge in [0.25, 0.3) is 0 Å². The van der Waals surface area contributed by atoms with Crippen LogP contribution in [0.15, 0.2) is 0 Å². The molecule has 2 rings (SSSR count). The van der Waals surface area contributed by atoms with Crippen molar-refractivity contribution in [1.29, 1.82) is 0 Å². The summed E-state index contributed by atoms with van der Waals surface area (Å²) in [7, 11) is 0. The molecule has 0 aromatic carbocycles. The molecular formula is C9H13ClN4O3. The van der Waals surface area contributed by atoms with Crippen LogP contribution in [0.25, 0.3) is 0 Å². The van der Waals surface area contributed by atoms with Crippen LogP contribution in [0.4, 0.5) is 5.95 Å². The fourth-order valence-electron chi connectivity index (χ4n) is 1.59. The third-order valence-electron chi connectivity index (χ3n) is 2.39. The highest BCUT2D eigenvalue weighted by atomic mass is 35.5. The Hall–Kier alpha value is -1.18. The van der Waals surface area contributed by atoms with Gasteiger partial charge in [-0.3, -0.25) is 0 Å². The van der Waals surface area contributed by atoms with Gasteiger partial charge < -0.3 is 19.8 Å². The number of β-amino-alcohol motifs (C(OH)–C–C–N with tert-alkyl or cyclic N) is 2. The second kappa shape index (κ2) is 4.99. The van der Waals surface area contributed by atoms with E-state index in [1.807, 2.05) is 0 Å². The first kappa shape index (κ1) is 12.3. The monoisotopic (exact) mass is 260 g/mol. The van der Waals surface area contributed by atoms with E-state index in [9.17, 15) is 10.2 Å². The molecule has 94 valence electrons. The molecule has 0 saturated carbocycles. The van der Waals surface area contributed by atoms with E-state index in [0.29, 0.717) is 12.6 Å². The topological polar surface area (TPSA) is 91.6 Å². The molecule has 0 amide bonds. The number of halogens is 1. The summed E-state index contributed by atoms with van der Waals surface area (Å²) < 4.78 is 5.14. The van der Waals surface area contributed by atoms with Crippen LogP contribution in [-0.4, -0.2) is 57.1 Å². The van der Waals surface area contributed by atoms with Crippen molar-refractivity contribution in [1.82, 2.24) is 15.0 Å². The van der Waals surface area contributed by atoms with Crippen LogP contribution in [0.1, 0.15) is 6.92 Å². The lowest BCUT2D eigenvalue weighted by molar-refractivity contribution is 0.0572. The molecule has 1 aliphatic heterocycles. The van der Waals surface area contributed by atoms with Gasteiger partial charge >= 0.3 is 6.01 Å². The van der Waals surface area contributed by atoms with E-state index in [-0.39, 0.29) is 24.4 Å². The number of nitrogens with zero attached hydrogens (tertiary/aromatic N) is 4. The number of rotatable bonds is 3. The molecular weight excluding hydrogens is 248 g/mol. The zero-order chi connectivity index (χ0) is 12.4. The van der Waals surface area contributed by atoms with Crippen LogP contribution in [0.3, 0.4) is 0 Å². The van der Waals surface area contributed by atoms with Gasteiger partial charge in [0.2, 0.25) is 11.2 Å². The van der Waals surface area contributed by atoms with Gasteiger partial charge in [0.15, 0.2) is 0 Å². The summed E-state index contributed by atoms with van der Waals surface area (Å²) in [5.41, 5.74) is 0. The van der Waals surface area contributed by atoms with Crippen molar-refractivity contribution >= 4 is 17.5 Å². The fourth-order valence-corrected chi connectivity index (χ4v) is 1.74. The van der Waals surface area contributed by atoms with Crippen molar-refractivity contribution in [3.8, 4) is 6.01 Å². The molecule has 1 aromatic heterocycles. The van der Waals surface area contributed by atoms with Gasteiger partial charge in [-0.1, -0.05) is 0 Å². The molecule has 0 spiro atoms. The number of aliphatic hydroxyl groups excluding tert-OH is 2. The van der Waals surface area contributed by atoms with E-state index in [0.717, 1.165) is 0 Å². The maximum atomic E-state index is 9.44. The first-order chi connectivity index (χ1) is 8.10.